The zero-order valence-electron chi connectivity index (χ0n) is 15.2. The molecule has 0 radical (unpaired) electrons. The second kappa shape index (κ2) is 8.34. The van der Waals surface area contributed by atoms with Gasteiger partial charge in [0.2, 0.25) is 0 Å². The van der Waals surface area contributed by atoms with Gasteiger partial charge in [0.25, 0.3) is 0 Å². The molecule has 1 aliphatic carbocycles. The summed E-state index contributed by atoms with van der Waals surface area (Å²) in [6, 6.07) is 0. The van der Waals surface area contributed by atoms with Gasteiger partial charge in [-0.1, -0.05) is 29.8 Å². The molecule has 0 amide bonds. The van der Waals surface area contributed by atoms with Gasteiger partial charge in [0.05, 0.1) is 51.8 Å². The zero-order chi connectivity index (χ0) is 17.0. The molecule has 3 aliphatic rings. The molecule has 0 aromatic carbocycles. The molecule has 3 rings (SSSR count). The van der Waals surface area contributed by atoms with Crippen LogP contribution in [0.2, 0.25) is 0 Å². The molecule has 2 aliphatic heterocycles. The molecule has 3 fully saturated rings. The average Bonchev–Trinajstić information content (AvgIpc) is 2.67. The summed E-state index contributed by atoms with van der Waals surface area (Å²) in [5.74, 6) is 0. The van der Waals surface area contributed by atoms with Gasteiger partial charge in [0.15, 0.2) is 0 Å². The maximum Gasteiger partial charge on any atom is 0.0587 e. The van der Waals surface area contributed by atoms with E-state index in [2.05, 4.69) is 29.8 Å². The average molecular weight is 405 g/mol. The van der Waals surface area contributed by atoms with Crippen molar-refractivity contribution in [3.05, 3.63) is 0 Å². The molecule has 4 nitrogen and oxygen atoms in total. The van der Waals surface area contributed by atoms with Crippen molar-refractivity contribution in [1.82, 2.24) is 0 Å². The van der Waals surface area contributed by atoms with Gasteiger partial charge in [-0.25, -0.2) is 0 Å². The quantitative estimate of drug-likeness (QED) is 0.453. The Morgan fingerprint density at radius 3 is 1.54 bits per heavy atom. The fourth-order valence-corrected chi connectivity index (χ4v) is 4.56. The van der Waals surface area contributed by atoms with E-state index < -0.39 is 0 Å². The van der Waals surface area contributed by atoms with Crippen LogP contribution in [0, 0.1) is 10.8 Å². The number of alkyl halides is 1. The highest BCUT2D eigenvalue weighted by Gasteiger charge is 2.39. The lowest BCUT2D eigenvalue weighted by atomic mass is 9.84. The Kier molecular flexibility index (Phi) is 6.64. The van der Waals surface area contributed by atoms with E-state index >= 15 is 0 Å². The maximum absolute atomic E-state index is 6.29. The molecule has 1 saturated carbocycles. The standard InChI is InChI=1S/C19H33BrO4/c1-3-18(9-21-10-18)13-23-16-5-6-17(8-15(20)7-16)24-14-19(4-2)11-22-12-19/h15-17H,3-14H2,1-2H3. The first-order chi connectivity index (χ1) is 11.6. The Morgan fingerprint density at radius 1 is 0.833 bits per heavy atom. The van der Waals surface area contributed by atoms with Crippen LogP contribution in [-0.2, 0) is 18.9 Å². The minimum Gasteiger partial charge on any atom is -0.380 e. The number of hydrogen-bond donors (Lipinski definition) is 0. The fraction of sp³-hybridized carbons (Fsp3) is 1.00. The van der Waals surface area contributed by atoms with E-state index in [1.807, 2.05) is 0 Å². The minimum absolute atomic E-state index is 0.280. The number of halogens is 1. The number of ether oxygens (including phenoxy) is 4. The van der Waals surface area contributed by atoms with Gasteiger partial charge in [-0.3, -0.25) is 0 Å². The Bertz CT molecular complexity index is 348. The van der Waals surface area contributed by atoms with Gasteiger partial charge in [-0.05, 0) is 38.5 Å². The monoisotopic (exact) mass is 404 g/mol. The first-order valence-corrected chi connectivity index (χ1v) is 10.5. The van der Waals surface area contributed by atoms with E-state index in [0.29, 0.717) is 17.0 Å². The van der Waals surface area contributed by atoms with Crippen LogP contribution in [0.15, 0.2) is 0 Å². The molecule has 0 spiro atoms. The summed E-state index contributed by atoms with van der Waals surface area (Å²) < 4.78 is 23.4. The lowest BCUT2D eigenvalue weighted by molar-refractivity contribution is -0.164. The molecule has 2 unspecified atom stereocenters. The molecule has 0 aromatic heterocycles. The predicted octanol–water partition coefficient (Wildman–Crippen LogP) is 3.95. The molecular formula is C19H33BrO4. The van der Waals surface area contributed by atoms with Gasteiger partial charge in [0, 0.05) is 15.7 Å². The molecule has 0 aromatic rings. The highest BCUT2D eigenvalue weighted by molar-refractivity contribution is 9.09. The van der Waals surface area contributed by atoms with Crippen LogP contribution in [-0.4, -0.2) is 56.7 Å². The van der Waals surface area contributed by atoms with Crippen LogP contribution in [0.1, 0.15) is 52.4 Å². The third-order valence-corrected chi connectivity index (χ3v) is 6.98. The molecule has 0 N–H and O–H groups in total. The Hall–Kier alpha value is 0.320. The molecule has 24 heavy (non-hydrogen) atoms. The van der Waals surface area contributed by atoms with E-state index in [-0.39, 0.29) is 10.8 Å². The van der Waals surface area contributed by atoms with Crippen molar-refractivity contribution in [3.8, 4) is 0 Å². The lowest BCUT2D eigenvalue weighted by Gasteiger charge is -2.41. The van der Waals surface area contributed by atoms with E-state index in [1.54, 1.807) is 0 Å². The fourth-order valence-electron chi connectivity index (χ4n) is 3.73. The van der Waals surface area contributed by atoms with Crippen LogP contribution in [0.25, 0.3) is 0 Å². The molecule has 5 heteroatoms. The summed E-state index contributed by atoms with van der Waals surface area (Å²) >= 11 is 3.85. The summed E-state index contributed by atoms with van der Waals surface area (Å²) in [5.41, 5.74) is 0.559. The van der Waals surface area contributed by atoms with Gasteiger partial charge in [-0.2, -0.15) is 0 Å². The third kappa shape index (κ3) is 4.53. The largest absolute Gasteiger partial charge is 0.380 e. The second-order valence-electron chi connectivity index (χ2n) is 8.20. The van der Waals surface area contributed by atoms with Crippen molar-refractivity contribution in [2.24, 2.45) is 10.8 Å². The summed E-state index contributed by atoms with van der Waals surface area (Å²) in [6.45, 7) is 9.61. The molecule has 2 saturated heterocycles. The SMILES string of the molecule is CCC1(COC2CCC(OCC3(CC)COC3)CC(Br)C2)COC1. The van der Waals surface area contributed by atoms with Crippen molar-refractivity contribution in [2.75, 3.05) is 39.6 Å². The highest BCUT2D eigenvalue weighted by Crippen LogP contribution is 2.36. The predicted molar refractivity (Wildman–Crippen MR) is 97.7 cm³/mol. The van der Waals surface area contributed by atoms with Crippen LogP contribution < -0.4 is 0 Å². The van der Waals surface area contributed by atoms with Crippen LogP contribution >= 0.6 is 15.9 Å². The van der Waals surface area contributed by atoms with Crippen molar-refractivity contribution in [3.63, 3.8) is 0 Å². The molecule has 2 heterocycles. The van der Waals surface area contributed by atoms with Crippen LogP contribution in [0.4, 0.5) is 0 Å². The minimum atomic E-state index is 0.280. The molecular weight excluding hydrogens is 372 g/mol. The highest BCUT2D eigenvalue weighted by atomic mass is 79.9. The van der Waals surface area contributed by atoms with E-state index in [4.69, 9.17) is 18.9 Å². The first kappa shape index (κ1) is 19.1. The Balaban J connectivity index is 1.42. The Labute approximate surface area is 155 Å². The van der Waals surface area contributed by atoms with E-state index in [1.165, 1.54) is 0 Å². The van der Waals surface area contributed by atoms with Gasteiger partial charge < -0.3 is 18.9 Å². The number of rotatable bonds is 8. The zero-order valence-corrected chi connectivity index (χ0v) is 16.8. The van der Waals surface area contributed by atoms with Crippen LogP contribution in [0.3, 0.4) is 0 Å². The maximum atomic E-state index is 6.29. The molecule has 140 valence electrons. The van der Waals surface area contributed by atoms with E-state index in [0.717, 1.165) is 78.2 Å². The summed E-state index contributed by atoms with van der Waals surface area (Å²) in [5, 5.41) is 0. The Morgan fingerprint density at radius 2 is 1.25 bits per heavy atom. The molecule has 2 atom stereocenters. The number of hydrogen-bond acceptors (Lipinski definition) is 4. The van der Waals surface area contributed by atoms with Crippen molar-refractivity contribution < 1.29 is 18.9 Å². The molecule has 0 bridgehead atoms. The summed E-state index contributed by atoms with van der Waals surface area (Å²) in [6.07, 6.45) is 7.35. The third-order valence-electron chi connectivity index (χ3n) is 6.23. The van der Waals surface area contributed by atoms with Gasteiger partial charge in [-0.15, -0.1) is 0 Å². The normalized spacial score (nSPS) is 34.9. The topological polar surface area (TPSA) is 36.9 Å². The van der Waals surface area contributed by atoms with Crippen LogP contribution in [0.5, 0.6) is 0 Å². The van der Waals surface area contributed by atoms with Crippen molar-refractivity contribution >= 4 is 15.9 Å². The summed E-state index contributed by atoms with van der Waals surface area (Å²) in [4.78, 5) is 0.487. The van der Waals surface area contributed by atoms with Gasteiger partial charge >= 0.3 is 0 Å². The lowest BCUT2D eigenvalue weighted by Crippen LogP contribution is -2.46. The second-order valence-corrected chi connectivity index (χ2v) is 9.50. The van der Waals surface area contributed by atoms with Crippen molar-refractivity contribution in [2.45, 2.75) is 69.4 Å². The summed E-state index contributed by atoms with van der Waals surface area (Å²) in [7, 11) is 0. The van der Waals surface area contributed by atoms with Gasteiger partial charge in [0.1, 0.15) is 0 Å². The smallest absolute Gasteiger partial charge is 0.0587 e. The van der Waals surface area contributed by atoms with E-state index in [9.17, 15) is 0 Å². The van der Waals surface area contributed by atoms with Crippen molar-refractivity contribution in [1.29, 1.82) is 0 Å². The first-order valence-electron chi connectivity index (χ1n) is 9.61.